The molecule has 1 nitrogen and oxygen atoms in total. The van der Waals surface area contributed by atoms with Crippen molar-refractivity contribution in [3.63, 3.8) is 0 Å². The summed E-state index contributed by atoms with van der Waals surface area (Å²) in [7, 11) is 0. The van der Waals surface area contributed by atoms with Gasteiger partial charge >= 0.3 is 0 Å². The van der Waals surface area contributed by atoms with Gasteiger partial charge in [0.2, 0.25) is 0 Å². The van der Waals surface area contributed by atoms with E-state index in [1.54, 1.807) is 11.3 Å². The standard InChI is InChI=1S/C12H13NS/c1-2-10-3-5-11(6-4-10)13-12-7-8-14-9-12/h3-9,13H,2H2,1H3. The maximum Gasteiger partial charge on any atom is 0.0492 e. The monoisotopic (exact) mass is 203 g/mol. The molecular weight excluding hydrogens is 190 g/mol. The van der Waals surface area contributed by atoms with Gasteiger partial charge in [0.25, 0.3) is 0 Å². The molecule has 2 aromatic rings. The number of anilines is 2. The SMILES string of the molecule is CCc1ccc(Nc2ccsc2)cc1. The Morgan fingerprint density at radius 2 is 1.86 bits per heavy atom. The number of rotatable bonds is 3. The Morgan fingerprint density at radius 1 is 1.07 bits per heavy atom. The summed E-state index contributed by atoms with van der Waals surface area (Å²) >= 11 is 1.70. The second kappa shape index (κ2) is 4.29. The Hall–Kier alpha value is -1.28. The van der Waals surface area contributed by atoms with Crippen LogP contribution in [-0.2, 0) is 6.42 Å². The summed E-state index contributed by atoms with van der Waals surface area (Å²) in [6, 6.07) is 10.6. The molecule has 0 bridgehead atoms. The van der Waals surface area contributed by atoms with E-state index >= 15 is 0 Å². The van der Waals surface area contributed by atoms with E-state index in [4.69, 9.17) is 0 Å². The molecule has 0 unspecified atom stereocenters. The Bertz CT molecular complexity index is 375. The minimum absolute atomic E-state index is 1.10. The molecule has 0 fully saturated rings. The second-order valence-corrected chi connectivity index (χ2v) is 3.97. The molecule has 2 heteroatoms. The first-order chi connectivity index (χ1) is 6.88. The maximum atomic E-state index is 3.35. The number of nitrogens with one attached hydrogen (secondary N) is 1. The van der Waals surface area contributed by atoms with Gasteiger partial charge in [-0.1, -0.05) is 19.1 Å². The molecule has 0 amide bonds. The number of hydrogen-bond acceptors (Lipinski definition) is 2. The smallest absolute Gasteiger partial charge is 0.0492 e. The number of aryl methyl sites for hydroxylation is 1. The highest BCUT2D eigenvalue weighted by Crippen LogP contribution is 2.19. The number of benzene rings is 1. The van der Waals surface area contributed by atoms with Crippen LogP contribution in [-0.4, -0.2) is 0 Å². The molecule has 0 saturated carbocycles. The lowest BCUT2D eigenvalue weighted by atomic mass is 10.1. The van der Waals surface area contributed by atoms with E-state index in [9.17, 15) is 0 Å². The summed E-state index contributed by atoms with van der Waals surface area (Å²) in [6.45, 7) is 2.17. The molecule has 1 aromatic heterocycles. The van der Waals surface area contributed by atoms with Gasteiger partial charge in [-0.15, -0.1) is 0 Å². The fourth-order valence-electron chi connectivity index (χ4n) is 1.33. The molecular formula is C12H13NS. The van der Waals surface area contributed by atoms with Gasteiger partial charge in [0, 0.05) is 16.8 Å². The highest BCUT2D eigenvalue weighted by Gasteiger charge is 1.94. The molecule has 1 heterocycles. The van der Waals surface area contributed by atoms with Gasteiger partial charge < -0.3 is 5.32 Å². The third-order valence-corrected chi connectivity index (χ3v) is 2.86. The van der Waals surface area contributed by atoms with Crippen LogP contribution in [0.1, 0.15) is 12.5 Å². The zero-order valence-corrected chi connectivity index (χ0v) is 8.97. The Labute approximate surface area is 88.4 Å². The second-order valence-electron chi connectivity index (χ2n) is 3.19. The van der Waals surface area contributed by atoms with Crippen LogP contribution < -0.4 is 5.32 Å². The van der Waals surface area contributed by atoms with Gasteiger partial charge in [-0.25, -0.2) is 0 Å². The zero-order valence-electron chi connectivity index (χ0n) is 8.16. The van der Waals surface area contributed by atoms with E-state index in [1.165, 1.54) is 11.3 Å². The third kappa shape index (κ3) is 2.15. The molecule has 0 aliphatic heterocycles. The molecule has 0 saturated heterocycles. The van der Waals surface area contributed by atoms with Crippen molar-refractivity contribution in [2.24, 2.45) is 0 Å². The predicted molar refractivity (Wildman–Crippen MR) is 63.4 cm³/mol. The Balaban J connectivity index is 2.10. The molecule has 0 aliphatic carbocycles. The summed E-state index contributed by atoms with van der Waals surface area (Å²) in [5, 5.41) is 7.52. The van der Waals surface area contributed by atoms with Gasteiger partial charge in [-0.2, -0.15) is 11.3 Å². The molecule has 72 valence electrons. The average Bonchev–Trinajstić information content (AvgIpc) is 2.72. The van der Waals surface area contributed by atoms with Crippen molar-refractivity contribution in [3.8, 4) is 0 Å². The predicted octanol–water partition coefficient (Wildman–Crippen LogP) is 4.05. The Morgan fingerprint density at radius 3 is 2.43 bits per heavy atom. The topological polar surface area (TPSA) is 12.0 Å². The van der Waals surface area contributed by atoms with Crippen molar-refractivity contribution in [1.29, 1.82) is 0 Å². The lowest BCUT2D eigenvalue weighted by Gasteiger charge is -2.04. The molecule has 0 radical (unpaired) electrons. The summed E-state index contributed by atoms with van der Waals surface area (Å²) in [6.07, 6.45) is 1.10. The van der Waals surface area contributed by atoms with Gasteiger partial charge in [-0.05, 0) is 35.6 Å². The van der Waals surface area contributed by atoms with Crippen molar-refractivity contribution in [3.05, 3.63) is 46.7 Å². The highest BCUT2D eigenvalue weighted by atomic mass is 32.1. The summed E-state index contributed by atoms with van der Waals surface area (Å²) in [4.78, 5) is 0. The van der Waals surface area contributed by atoms with Crippen LogP contribution >= 0.6 is 11.3 Å². The van der Waals surface area contributed by atoms with Crippen LogP contribution in [0, 0.1) is 0 Å². The molecule has 1 aromatic carbocycles. The normalized spacial score (nSPS) is 10.1. The lowest BCUT2D eigenvalue weighted by molar-refractivity contribution is 1.14. The zero-order chi connectivity index (χ0) is 9.80. The first kappa shape index (κ1) is 9.28. The van der Waals surface area contributed by atoms with Gasteiger partial charge in [0.15, 0.2) is 0 Å². The van der Waals surface area contributed by atoms with E-state index in [1.807, 2.05) is 0 Å². The molecule has 14 heavy (non-hydrogen) atoms. The van der Waals surface area contributed by atoms with Crippen molar-refractivity contribution in [2.45, 2.75) is 13.3 Å². The van der Waals surface area contributed by atoms with Crippen LogP contribution in [0.3, 0.4) is 0 Å². The maximum absolute atomic E-state index is 3.35. The van der Waals surface area contributed by atoms with E-state index in [0.717, 1.165) is 12.1 Å². The van der Waals surface area contributed by atoms with Gasteiger partial charge in [0.1, 0.15) is 0 Å². The van der Waals surface area contributed by atoms with Crippen LogP contribution in [0.2, 0.25) is 0 Å². The molecule has 0 spiro atoms. The fourth-order valence-corrected chi connectivity index (χ4v) is 1.91. The third-order valence-electron chi connectivity index (χ3n) is 2.17. The molecule has 2 rings (SSSR count). The van der Waals surface area contributed by atoms with Crippen LogP contribution in [0.25, 0.3) is 0 Å². The van der Waals surface area contributed by atoms with E-state index in [-0.39, 0.29) is 0 Å². The van der Waals surface area contributed by atoms with E-state index in [2.05, 4.69) is 53.3 Å². The van der Waals surface area contributed by atoms with Crippen LogP contribution in [0.4, 0.5) is 11.4 Å². The largest absolute Gasteiger partial charge is 0.355 e. The van der Waals surface area contributed by atoms with Crippen molar-refractivity contribution in [2.75, 3.05) is 5.32 Å². The first-order valence-corrected chi connectivity index (χ1v) is 5.71. The molecule has 0 atom stereocenters. The summed E-state index contributed by atoms with van der Waals surface area (Å²) < 4.78 is 0. The van der Waals surface area contributed by atoms with Crippen LogP contribution in [0.15, 0.2) is 41.1 Å². The summed E-state index contributed by atoms with van der Waals surface area (Å²) in [5.41, 5.74) is 3.70. The Kier molecular flexibility index (Phi) is 2.84. The van der Waals surface area contributed by atoms with Crippen molar-refractivity contribution >= 4 is 22.7 Å². The van der Waals surface area contributed by atoms with Gasteiger partial charge in [-0.3, -0.25) is 0 Å². The van der Waals surface area contributed by atoms with Crippen LogP contribution in [0.5, 0.6) is 0 Å². The number of thiophene rings is 1. The van der Waals surface area contributed by atoms with Crippen molar-refractivity contribution < 1.29 is 0 Å². The first-order valence-electron chi connectivity index (χ1n) is 4.76. The minimum Gasteiger partial charge on any atom is -0.355 e. The van der Waals surface area contributed by atoms with Gasteiger partial charge in [0.05, 0.1) is 0 Å². The average molecular weight is 203 g/mol. The minimum atomic E-state index is 1.10. The molecule has 0 aliphatic rings. The van der Waals surface area contributed by atoms with Crippen molar-refractivity contribution in [1.82, 2.24) is 0 Å². The van der Waals surface area contributed by atoms with E-state index in [0.29, 0.717) is 0 Å². The lowest BCUT2D eigenvalue weighted by Crippen LogP contribution is -1.88. The van der Waals surface area contributed by atoms with E-state index < -0.39 is 0 Å². The molecule has 1 N–H and O–H groups in total. The fraction of sp³-hybridized carbons (Fsp3) is 0.167. The quantitative estimate of drug-likeness (QED) is 0.793. The summed E-state index contributed by atoms with van der Waals surface area (Å²) in [5.74, 6) is 0. The number of hydrogen-bond donors (Lipinski definition) is 1. The highest BCUT2D eigenvalue weighted by molar-refractivity contribution is 7.08.